The van der Waals surface area contributed by atoms with Crippen LogP contribution in [0.15, 0.2) is 84.6 Å². The number of hydrogen-bond donors (Lipinski definition) is 2. The largest absolute Gasteiger partial charge is 0.407 e. The number of hydroxylamine groups is 2. The van der Waals surface area contributed by atoms with Gasteiger partial charge in [-0.25, -0.2) is 5.48 Å². The van der Waals surface area contributed by atoms with Gasteiger partial charge in [0.15, 0.2) is 5.75 Å². The summed E-state index contributed by atoms with van der Waals surface area (Å²) < 4.78 is 0. The second kappa shape index (κ2) is 5.93. The Balaban J connectivity index is 1.66. The molecule has 1 unspecified atom stereocenters. The second-order valence-electron chi connectivity index (χ2n) is 6.56. The molecule has 4 heteroatoms. The molecular formula is C22H18N2O2. The van der Waals surface area contributed by atoms with Crippen LogP contribution >= 0.6 is 0 Å². The predicted octanol–water partition coefficient (Wildman–Crippen LogP) is 3.96. The van der Waals surface area contributed by atoms with E-state index in [1.807, 2.05) is 60.7 Å². The topological polar surface area (TPSA) is 42.5 Å². The Morgan fingerprint density at radius 2 is 1.46 bits per heavy atom. The first-order chi connectivity index (χ1) is 12.9. The molecule has 2 N–H and O–H groups in total. The highest BCUT2D eigenvalue weighted by molar-refractivity contribution is 5.64. The molecule has 0 bridgehead atoms. The van der Waals surface area contributed by atoms with Crippen LogP contribution in [0.5, 0.6) is 11.5 Å². The van der Waals surface area contributed by atoms with Gasteiger partial charge in [0.2, 0.25) is 0 Å². The summed E-state index contributed by atoms with van der Waals surface area (Å²) in [6.07, 6.45) is 2.87. The Morgan fingerprint density at radius 3 is 2.35 bits per heavy atom. The van der Waals surface area contributed by atoms with Crippen molar-refractivity contribution in [1.82, 2.24) is 11.0 Å². The van der Waals surface area contributed by atoms with Crippen LogP contribution in [0.1, 0.15) is 16.7 Å². The number of para-hydroxylation sites is 2. The fraction of sp³-hybridized carbons (Fsp3) is 0.0909. The van der Waals surface area contributed by atoms with Crippen molar-refractivity contribution < 1.29 is 9.68 Å². The molecule has 4 nitrogen and oxygen atoms in total. The van der Waals surface area contributed by atoms with E-state index in [4.69, 9.17) is 9.68 Å². The van der Waals surface area contributed by atoms with E-state index in [9.17, 15) is 0 Å². The van der Waals surface area contributed by atoms with E-state index in [0.717, 1.165) is 40.3 Å². The lowest BCUT2D eigenvalue weighted by Gasteiger charge is -2.41. The molecule has 3 aromatic rings. The summed E-state index contributed by atoms with van der Waals surface area (Å²) in [5, 5.41) is 0. The molecule has 2 heterocycles. The number of nitrogens with one attached hydrogen (secondary N) is 2. The molecule has 0 saturated heterocycles. The van der Waals surface area contributed by atoms with E-state index in [1.54, 1.807) is 0 Å². The molecule has 3 aromatic carbocycles. The van der Waals surface area contributed by atoms with Crippen molar-refractivity contribution in [3.63, 3.8) is 0 Å². The first-order valence-electron chi connectivity index (χ1n) is 8.67. The molecule has 0 saturated carbocycles. The number of fused-ring (bicyclic) bond motifs is 2. The fourth-order valence-corrected chi connectivity index (χ4v) is 3.60. The lowest BCUT2D eigenvalue weighted by molar-refractivity contribution is 0.0661. The third-order valence-corrected chi connectivity index (χ3v) is 4.98. The molecule has 0 spiro atoms. The minimum atomic E-state index is -0.566. The first kappa shape index (κ1) is 15.0. The van der Waals surface area contributed by atoms with Gasteiger partial charge in [0.05, 0.1) is 5.70 Å². The van der Waals surface area contributed by atoms with Gasteiger partial charge in [0, 0.05) is 12.0 Å². The lowest BCUT2D eigenvalue weighted by Crippen LogP contribution is -2.54. The number of hydrogen-bond acceptors (Lipinski definition) is 4. The average Bonchev–Trinajstić information content (AvgIpc) is 2.73. The van der Waals surface area contributed by atoms with Crippen molar-refractivity contribution >= 4 is 6.08 Å². The van der Waals surface area contributed by atoms with Crippen LogP contribution in [0.4, 0.5) is 0 Å². The number of benzene rings is 3. The smallest absolute Gasteiger partial charge is 0.162 e. The zero-order valence-electron chi connectivity index (χ0n) is 14.1. The normalized spacial score (nSPS) is 20.5. The van der Waals surface area contributed by atoms with Crippen molar-refractivity contribution in [3.8, 4) is 11.5 Å². The van der Waals surface area contributed by atoms with Gasteiger partial charge in [0.1, 0.15) is 11.3 Å². The third-order valence-electron chi connectivity index (χ3n) is 4.98. The summed E-state index contributed by atoms with van der Waals surface area (Å²) in [5.41, 5.74) is 10.1. The van der Waals surface area contributed by atoms with E-state index in [0.29, 0.717) is 0 Å². The standard InChI is InChI=1S/C22H18N2O2/c1-2-10-18(11-3-1)22(15-17-9-5-7-13-20(17)26-24-22)21-14-16-8-4-6-12-19(16)25-23-21/h1-14,23-24H,15H2. The Kier molecular flexibility index (Phi) is 3.43. The van der Waals surface area contributed by atoms with Crippen molar-refractivity contribution in [1.29, 1.82) is 0 Å². The van der Waals surface area contributed by atoms with Crippen molar-refractivity contribution in [3.05, 3.63) is 101 Å². The van der Waals surface area contributed by atoms with Crippen LogP contribution in [0.25, 0.3) is 6.08 Å². The summed E-state index contributed by atoms with van der Waals surface area (Å²) in [6, 6.07) is 26.4. The molecule has 26 heavy (non-hydrogen) atoms. The van der Waals surface area contributed by atoms with Gasteiger partial charge in [-0.1, -0.05) is 66.7 Å². The zero-order valence-corrected chi connectivity index (χ0v) is 14.1. The van der Waals surface area contributed by atoms with Gasteiger partial charge < -0.3 is 9.68 Å². The summed E-state index contributed by atoms with van der Waals surface area (Å²) in [6.45, 7) is 0. The monoisotopic (exact) mass is 342 g/mol. The van der Waals surface area contributed by atoms with Crippen LogP contribution in [0.3, 0.4) is 0 Å². The average molecular weight is 342 g/mol. The quantitative estimate of drug-likeness (QED) is 0.740. The third kappa shape index (κ3) is 2.35. The van der Waals surface area contributed by atoms with Crippen LogP contribution < -0.4 is 20.6 Å². The molecule has 5 rings (SSSR count). The minimum Gasteiger partial charge on any atom is -0.407 e. The molecule has 0 amide bonds. The Morgan fingerprint density at radius 1 is 0.731 bits per heavy atom. The molecule has 0 radical (unpaired) electrons. The van der Waals surface area contributed by atoms with Crippen molar-refractivity contribution in [2.24, 2.45) is 0 Å². The van der Waals surface area contributed by atoms with E-state index >= 15 is 0 Å². The Hall–Kier alpha value is -3.24. The van der Waals surface area contributed by atoms with Crippen molar-refractivity contribution in [2.45, 2.75) is 12.0 Å². The predicted molar refractivity (Wildman–Crippen MR) is 100 cm³/mol. The highest BCUT2D eigenvalue weighted by Crippen LogP contribution is 2.40. The SMILES string of the molecule is C1=C(C2(c3ccccc3)Cc3ccccc3ON2)NOc2ccccc21. The van der Waals surface area contributed by atoms with Crippen LogP contribution in [-0.2, 0) is 12.0 Å². The van der Waals surface area contributed by atoms with E-state index in [1.165, 1.54) is 0 Å². The Labute approximate surface area is 152 Å². The Bertz CT molecular complexity index is 984. The van der Waals surface area contributed by atoms with Gasteiger partial charge in [0.25, 0.3) is 0 Å². The van der Waals surface area contributed by atoms with Gasteiger partial charge in [-0.05, 0) is 29.3 Å². The molecule has 0 fully saturated rings. The lowest BCUT2D eigenvalue weighted by atomic mass is 9.80. The maximum Gasteiger partial charge on any atom is 0.162 e. The van der Waals surface area contributed by atoms with Crippen LogP contribution in [0.2, 0.25) is 0 Å². The maximum absolute atomic E-state index is 5.95. The van der Waals surface area contributed by atoms with Gasteiger partial charge >= 0.3 is 0 Å². The van der Waals surface area contributed by atoms with E-state index in [2.05, 4.69) is 35.2 Å². The highest BCUT2D eigenvalue weighted by atomic mass is 16.7. The molecule has 128 valence electrons. The summed E-state index contributed by atoms with van der Waals surface area (Å²) in [7, 11) is 0. The van der Waals surface area contributed by atoms with Gasteiger partial charge in [-0.2, -0.15) is 0 Å². The van der Waals surface area contributed by atoms with E-state index in [-0.39, 0.29) is 0 Å². The van der Waals surface area contributed by atoms with Crippen molar-refractivity contribution in [2.75, 3.05) is 0 Å². The molecule has 0 aromatic heterocycles. The van der Waals surface area contributed by atoms with Gasteiger partial charge in [-0.3, -0.25) is 0 Å². The van der Waals surface area contributed by atoms with Crippen LogP contribution in [-0.4, -0.2) is 0 Å². The summed E-state index contributed by atoms with van der Waals surface area (Å²) >= 11 is 0. The summed E-state index contributed by atoms with van der Waals surface area (Å²) in [4.78, 5) is 11.8. The molecule has 2 aliphatic rings. The number of rotatable bonds is 2. The fourth-order valence-electron chi connectivity index (χ4n) is 3.60. The molecule has 2 aliphatic heterocycles. The minimum absolute atomic E-state index is 0.566. The summed E-state index contributed by atoms with van der Waals surface area (Å²) in [5.74, 6) is 1.67. The first-order valence-corrected chi connectivity index (χ1v) is 8.67. The van der Waals surface area contributed by atoms with Crippen LogP contribution in [0, 0.1) is 0 Å². The molecule has 0 aliphatic carbocycles. The molecular weight excluding hydrogens is 324 g/mol. The van der Waals surface area contributed by atoms with E-state index < -0.39 is 5.54 Å². The molecule has 1 atom stereocenters. The maximum atomic E-state index is 5.95. The second-order valence-corrected chi connectivity index (χ2v) is 6.56. The highest BCUT2D eigenvalue weighted by Gasteiger charge is 2.42. The zero-order chi connectivity index (χ0) is 17.4. The van der Waals surface area contributed by atoms with Gasteiger partial charge in [-0.15, -0.1) is 5.48 Å².